The van der Waals surface area contributed by atoms with Crippen LogP contribution >= 0.6 is 0 Å². The molecule has 0 amide bonds. The summed E-state index contributed by atoms with van der Waals surface area (Å²) in [5, 5.41) is 7.00. The molecule has 0 saturated carbocycles. The van der Waals surface area contributed by atoms with Crippen LogP contribution in [0, 0.1) is 6.92 Å². The summed E-state index contributed by atoms with van der Waals surface area (Å²) in [5.41, 5.74) is 10.3. The number of anilines is 2. The molecule has 0 radical (unpaired) electrons. The quantitative estimate of drug-likeness (QED) is 0.862. The van der Waals surface area contributed by atoms with Crippen molar-refractivity contribution in [3.63, 3.8) is 0 Å². The fraction of sp³-hybridized carbons (Fsp3) is 0.357. The molecule has 1 aromatic carbocycles. The summed E-state index contributed by atoms with van der Waals surface area (Å²) in [6.07, 6.45) is 0. The molecule has 5 nitrogen and oxygen atoms in total. The summed E-state index contributed by atoms with van der Waals surface area (Å²) >= 11 is 0. The molecule has 0 atom stereocenters. The SMILES string of the molecule is Cc1ccc(-c2cc(N)n[nH]2)c(N2CCOCC2)c1. The van der Waals surface area contributed by atoms with Crippen molar-refractivity contribution in [3.05, 3.63) is 29.8 Å². The first-order chi connectivity index (χ1) is 9.24. The third-order valence-electron chi connectivity index (χ3n) is 3.39. The summed E-state index contributed by atoms with van der Waals surface area (Å²) in [6.45, 7) is 5.49. The molecule has 1 fully saturated rings. The number of aromatic amines is 1. The Morgan fingerprint density at radius 3 is 2.74 bits per heavy atom. The molecule has 2 aromatic rings. The maximum atomic E-state index is 5.70. The Morgan fingerprint density at radius 1 is 1.26 bits per heavy atom. The Balaban J connectivity index is 2.03. The van der Waals surface area contributed by atoms with Crippen molar-refractivity contribution in [1.82, 2.24) is 10.2 Å². The monoisotopic (exact) mass is 258 g/mol. The maximum absolute atomic E-state index is 5.70. The average molecular weight is 258 g/mol. The first-order valence-electron chi connectivity index (χ1n) is 6.48. The van der Waals surface area contributed by atoms with E-state index >= 15 is 0 Å². The number of nitrogen functional groups attached to an aromatic ring is 1. The van der Waals surface area contributed by atoms with Crippen LogP contribution in [0.3, 0.4) is 0 Å². The number of nitrogens with one attached hydrogen (secondary N) is 1. The number of nitrogens with two attached hydrogens (primary N) is 1. The Morgan fingerprint density at radius 2 is 2.05 bits per heavy atom. The fourth-order valence-corrected chi connectivity index (χ4v) is 2.41. The standard InChI is InChI=1S/C14H18N4O/c1-10-2-3-11(12-9-14(15)17-16-12)13(8-10)18-4-6-19-7-5-18/h2-3,8-9H,4-7H2,1H3,(H3,15,16,17). The van der Waals surface area contributed by atoms with Crippen LogP contribution in [0.15, 0.2) is 24.3 Å². The second-order valence-corrected chi connectivity index (χ2v) is 4.83. The number of H-pyrrole nitrogens is 1. The van der Waals surface area contributed by atoms with E-state index in [0.717, 1.165) is 37.6 Å². The van der Waals surface area contributed by atoms with E-state index in [2.05, 4.69) is 40.2 Å². The van der Waals surface area contributed by atoms with E-state index in [4.69, 9.17) is 10.5 Å². The van der Waals surface area contributed by atoms with Gasteiger partial charge in [0.15, 0.2) is 0 Å². The van der Waals surface area contributed by atoms with Crippen LogP contribution in [0.5, 0.6) is 0 Å². The molecule has 0 aliphatic carbocycles. The largest absolute Gasteiger partial charge is 0.382 e. The first-order valence-corrected chi connectivity index (χ1v) is 6.48. The number of rotatable bonds is 2. The van der Waals surface area contributed by atoms with Gasteiger partial charge < -0.3 is 15.4 Å². The Labute approximate surface area is 112 Å². The lowest BCUT2D eigenvalue weighted by atomic mass is 10.1. The number of morpholine rings is 1. The van der Waals surface area contributed by atoms with Gasteiger partial charge in [0.25, 0.3) is 0 Å². The molecule has 5 heteroatoms. The molecular formula is C14H18N4O. The maximum Gasteiger partial charge on any atom is 0.145 e. The summed E-state index contributed by atoms with van der Waals surface area (Å²) in [7, 11) is 0. The Bertz CT molecular complexity index is 573. The van der Waals surface area contributed by atoms with Gasteiger partial charge in [0.05, 0.1) is 18.9 Å². The fourth-order valence-electron chi connectivity index (χ4n) is 2.41. The Hall–Kier alpha value is -2.01. The van der Waals surface area contributed by atoms with Crippen LogP contribution in [0.2, 0.25) is 0 Å². The van der Waals surface area contributed by atoms with E-state index in [-0.39, 0.29) is 0 Å². The minimum atomic E-state index is 0.517. The van der Waals surface area contributed by atoms with Gasteiger partial charge in [-0.2, -0.15) is 5.10 Å². The summed E-state index contributed by atoms with van der Waals surface area (Å²) in [4.78, 5) is 2.35. The minimum absolute atomic E-state index is 0.517. The number of ether oxygens (including phenoxy) is 1. The van der Waals surface area contributed by atoms with E-state index in [0.29, 0.717) is 5.82 Å². The van der Waals surface area contributed by atoms with Crippen LogP contribution in [0.1, 0.15) is 5.56 Å². The van der Waals surface area contributed by atoms with E-state index in [9.17, 15) is 0 Å². The van der Waals surface area contributed by atoms with Crippen molar-refractivity contribution < 1.29 is 4.74 Å². The number of nitrogens with zero attached hydrogens (tertiary/aromatic N) is 2. The molecule has 3 rings (SSSR count). The molecule has 0 spiro atoms. The zero-order valence-corrected chi connectivity index (χ0v) is 11.0. The minimum Gasteiger partial charge on any atom is -0.382 e. The molecule has 3 N–H and O–H groups in total. The zero-order chi connectivity index (χ0) is 13.2. The lowest BCUT2D eigenvalue weighted by Crippen LogP contribution is -2.36. The summed E-state index contributed by atoms with van der Waals surface area (Å²) < 4.78 is 5.42. The van der Waals surface area contributed by atoms with Gasteiger partial charge in [0, 0.05) is 30.4 Å². The zero-order valence-electron chi connectivity index (χ0n) is 11.0. The van der Waals surface area contributed by atoms with E-state index in [1.54, 1.807) is 0 Å². The highest BCUT2D eigenvalue weighted by Crippen LogP contribution is 2.31. The molecule has 100 valence electrons. The summed E-state index contributed by atoms with van der Waals surface area (Å²) in [5.74, 6) is 0.517. The molecule has 2 heterocycles. The topological polar surface area (TPSA) is 67.2 Å². The van der Waals surface area contributed by atoms with Crippen molar-refractivity contribution in [2.75, 3.05) is 36.9 Å². The van der Waals surface area contributed by atoms with Crippen LogP contribution in [-0.2, 0) is 4.74 Å². The van der Waals surface area contributed by atoms with Gasteiger partial charge >= 0.3 is 0 Å². The van der Waals surface area contributed by atoms with Gasteiger partial charge in [-0.3, -0.25) is 5.10 Å². The van der Waals surface area contributed by atoms with Gasteiger partial charge in [0.1, 0.15) is 5.82 Å². The van der Waals surface area contributed by atoms with Gasteiger partial charge in [-0.1, -0.05) is 12.1 Å². The Kier molecular flexibility index (Phi) is 3.13. The molecule has 19 heavy (non-hydrogen) atoms. The number of hydrogen-bond acceptors (Lipinski definition) is 4. The van der Waals surface area contributed by atoms with Gasteiger partial charge in [-0.25, -0.2) is 0 Å². The van der Waals surface area contributed by atoms with Gasteiger partial charge in [0.2, 0.25) is 0 Å². The third-order valence-corrected chi connectivity index (χ3v) is 3.39. The highest BCUT2D eigenvalue weighted by Gasteiger charge is 2.16. The second-order valence-electron chi connectivity index (χ2n) is 4.83. The smallest absolute Gasteiger partial charge is 0.145 e. The number of hydrogen-bond donors (Lipinski definition) is 2. The van der Waals surface area contributed by atoms with E-state index in [1.807, 2.05) is 6.07 Å². The van der Waals surface area contributed by atoms with Crippen molar-refractivity contribution in [3.8, 4) is 11.3 Å². The number of benzene rings is 1. The van der Waals surface area contributed by atoms with E-state index < -0.39 is 0 Å². The predicted octanol–water partition coefficient (Wildman–Crippen LogP) is 1.80. The van der Waals surface area contributed by atoms with Crippen molar-refractivity contribution >= 4 is 11.5 Å². The lowest BCUT2D eigenvalue weighted by molar-refractivity contribution is 0.123. The normalized spacial score (nSPS) is 15.7. The highest BCUT2D eigenvalue weighted by molar-refractivity contribution is 5.78. The molecule has 1 aliphatic heterocycles. The molecule has 1 aliphatic rings. The van der Waals surface area contributed by atoms with Crippen LogP contribution in [0.4, 0.5) is 11.5 Å². The second kappa shape index (κ2) is 4.93. The van der Waals surface area contributed by atoms with Crippen molar-refractivity contribution in [2.24, 2.45) is 0 Å². The van der Waals surface area contributed by atoms with Gasteiger partial charge in [-0.15, -0.1) is 0 Å². The van der Waals surface area contributed by atoms with E-state index in [1.165, 1.54) is 11.3 Å². The molecule has 0 unspecified atom stereocenters. The van der Waals surface area contributed by atoms with Crippen LogP contribution in [-0.4, -0.2) is 36.5 Å². The van der Waals surface area contributed by atoms with Crippen molar-refractivity contribution in [2.45, 2.75) is 6.92 Å². The number of aryl methyl sites for hydroxylation is 1. The number of aromatic nitrogens is 2. The molecular weight excluding hydrogens is 240 g/mol. The van der Waals surface area contributed by atoms with Crippen LogP contribution in [0.25, 0.3) is 11.3 Å². The first kappa shape index (κ1) is 12.0. The van der Waals surface area contributed by atoms with Crippen LogP contribution < -0.4 is 10.6 Å². The summed E-state index contributed by atoms with van der Waals surface area (Å²) in [6, 6.07) is 8.30. The van der Waals surface area contributed by atoms with Gasteiger partial charge in [-0.05, 0) is 18.6 Å². The molecule has 1 saturated heterocycles. The molecule has 1 aromatic heterocycles. The molecule has 0 bridgehead atoms. The van der Waals surface area contributed by atoms with Crippen molar-refractivity contribution in [1.29, 1.82) is 0 Å². The third kappa shape index (κ3) is 2.42. The predicted molar refractivity (Wildman–Crippen MR) is 76.2 cm³/mol. The average Bonchev–Trinajstić information content (AvgIpc) is 2.86. The lowest BCUT2D eigenvalue weighted by Gasteiger charge is -2.30. The highest BCUT2D eigenvalue weighted by atomic mass is 16.5.